The lowest BCUT2D eigenvalue weighted by molar-refractivity contribution is -0.139. The highest BCUT2D eigenvalue weighted by molar-refractivity contribution is 7.15. The van der Waals surface area contributed by atoms with Gasteiger partial charge in [0.05, 0.1) is 0 Å². The Bertz CT molecular complexity index is 476. The fourth-order valence-corrected chi connectivity index (χ4v) is 2.64. The van der Waals surface area contributed by atoms with E-state index in [0.717, 1.165) is 24.3 Å². The van der Waals surface area contributed by atoms with E-state index in [0.29, 0.717) is 17.5 Å². The van der Waals surface area contributed by atoms with Crippen molar-refractivity contribution in [3.05, 3.63) is 5.01 Å². The van der Waals surface area contributed by atoms with Crippen molar-refractivity contribution in [3.63, 3.8) is 0 Å². The Morgan fingerprint density at radius 2 is 2.05 bits per heavy atom. The summed E-state index contributed by atoms with van der Waals surface area (Å²) in [5.41, 5.74) is 0. The SMILES string of the molecule is CCCC[C@H](NC(=O)Nc1nnc(CC(C)C)s1)C(=O)O. The second-order valence-corrected chi connectivity index (χ2v) is 6.29. The van der Waals surface area contributed by atoms with Crippen LogP contribution in [0, 0.1) is 5.92 Å². The molecule has 1 aromatic rings. The molecule has 0 aromatic carbocycles. The van der Waals surface area contributed by atoms with Crippen LogP contribution < -0.4 is 10.6 Å². The third kappa shape index (κ3) is 6.52. The molecule has 0 fully saturated rings. The molecule has 1 aromatic heterocycles. The number of rotatable bonds is 8. The van der Waals surface area contributed by atoms with Gasteiger partial charge in [0.1, 0.15) is 11.0 Å². The van der Waals surface area contributed by atoms with Gasteiger partial charge in [-0.1, -0.05) is 44.9 Å². The predicted molar refractivity (Wildman–Crippen MR) is 81.6 cm³/mol. The van der Waals surface area contributed by atoms with Crippen molar-refractivity contribution in [1.82, 2.24) is 15.5 Å². The van der Waals surface area contributed by atoms with Crippen LogP contribution in [0.25, 0.3) is 0 Å². The number of hydrogen-bond acceptors (Lipinski definition) is 5. The van der Waals surface area contributed by atoms with Crippen LogP contribution in [0.5, 0.6) is 0 Å². The minimum atomic E-state index is -1.03. The molecule has 8 heteroatoms. The fourth-order valence-electron chi connectivity index (χ4n) is 1.69. The fraction of sp³-hybridized carbons (Fsp3) is 0.692. The number of aromatic nitrogens is 2. The normalized spacial score (nSPS) is 12.2. The monoisotopic (exact) mass is 314 g/mol. The van der Waals surface area contributed by atoms with Gasteiger partial charge in [-0.05, 0) is 12.3 Å². The third-order valence-corrected chi connectivity index (χ3v) is 3.58. The van der Waals surface area contributed by atoms with Crippen LogP contribution in [0.15, 0.2) is 0 Å². The van der Waals surface area contributed by atoms with Gasteiger partial charge >= 0.3 is 12.0 Å². The van der Waals surface area contributed by atoms with Crippen molar-refractivity contribution in [2.24, 2.45) is 5.92 Å². The zero-order valence-corrected chi connectivity index (χ0v) is 13.4. The summed E-state index contributed by atoms with van der Waals surface area (Å²) in [7, 11) is 0. The van der Waals surface area contributed by atoms with E-state index in [1.54, 1.807) is 0 Å². The Morgan fingerprint density at radius 1 is 1.33 bits per heavy atom. The van der Waals surface area contributed by atoms with Gasteiger partial charge in [0.25, 0.3) is 0 Å². The number of carboxylic acid groups (broad SMARTS) is 1. The second kappa shape index (κ2) is 8.56. The highest BCUT2D eigenvalue weighted by Crippen LogP contribution is 2.18. The summed E-state index contributed by atoms with van der Waals surface area (Å²) in [5, 5.41) is 23.1. The second-order valence-electron chi connectivity index (χ2n) is 5.23. The molecule has 118 valence electrons. The predicted octanol–water partition coefficient (Wildman–Crippen LogP) is 2.50. The zero-order valence-electron chi connectivity index (χ0n) is 12.5. The van der Waals surface area contributed by atoms with E-state index >= 15 is 0 Å². The first-order valence-corrected chi connectivity index (χ1v) is 7.86. The topological polar surface area (TPSA) is 104 Å². The lowest BCUT2D eigenvalue weighted by atomic mass is 10.1. The molecule has 1 rings (SSSR count). The molecular weight excluding hydrogens is 292 g/mol. The third-order valence-electron chi connectivity index (χ3n) is 2.72. The number of amides is 2. The summed E-state index contributed by atoms with van der Waals surface area (Å²) in [4.78, 5) is 22.8. The quantitative estimate of drug-likeness (QED) is 0.684. The molecule has 0 unspecified atom stereocenters. The minimum absolute atomic E-state index is 0.378. The summed E-state index contributed by atoms with van der Waals surface area (Å²) in [6, 6.07) is -1.45. The summed E-state index contributed by atoms with van der Waals surface area (Å²) in [6.45, 7) is 6.12. The molecule has 21 heavy (non-hydrogen) atoms. The molecule has 0 aliphatic carbocycles. The lowest BCUT2D eigenvalue weighted by Crippen LogP contribution is -2.42. The van der Waals surface area contributed by atoms with E-state index in [9.17, 15) is 9.59 Å². The van der Waals surface area contributed by atoms with E-state index in [-0.39, 0.29) is 0 Å². The largest absolute Gasteiger partial charge is 0.480 e. The number of carboxylic acids is 1. The number of carbonyl (C=O) groups excluding carboxylic acids is 1. The first kappa shape index (κ1) is 17.4. The molecule has 0 aliphatic rings. The maximum Gasteiger partial charge on any atom is 0.326 e. The zero-order chi connectivity index (χ0) is 15.8. The first-order valence-electron chi connectivity index (χ1n) is 7.05. The van der Waals surface area contributed by atoms with Gasteiger partial charge in [-0.2, -0.15) is 0 Å². The van der Waals surface area contributed by atoms with Gasteiger partial charge in [0.15, 0.2) is 0 Å². The smallest absolute Gasteiger partial charge is 0.326 e. The van der Waals surface area contributed by atoms with E-state index in [2.05, 4.69) is 34.7 Å². The number of aliphatic carboxylic acids is 1. The summed E-state index contributed by atoms with van der Waals surface area (Å²) < 4.78 is 0. The summed E-state index contributed by atoms with van der Waals surface area (Å²) >= 11 is 1.30. The van der Waals surface area contributed by atoms with E-state index in [4.69, 9.17) is 5.11 Å². The van der Waals surface area contributed by atoms with Crippen LogP contribution in [0.1, 0.15) is 45.0 Å². The number of hydrogen-bond donors (Lipinski definition) is 3. The van der Waals surface area contributed by atoms with Gasteiger partial charge in [-0.3, -0.25) is 5.32 Å². The van der Waals surface area contributed by atoms with Gasteiger partial charge in [-0.15, -0.1) is 10.2 Å². The van der Waals surface area contributed by atoms with Gasteiger partial charge in [-0.25, -0.2) is 9.59 Å². The van der Waals surface area contributed by atoms with Crippen molar-refractivity contribution in [2.45, 2.75) is 52.5 Å². The van der Waals surface area contributed by atoms with Gasteiger partial charge in [0.2, 0.25) is 5.13 Å². The van der Waals surface area contributed by atoms with Gasteiger partial charge < -0.3 is 10.4 Å². The number of nitrogens with zero attached hydrogens (tertiary/aromatic N) is 2. The van der Waals surface area contributed by atoms with Crippen LogP contribution in [0.3, 0.4) is 0 Å². The Hall–Kier alpha value is -1.70. The van der Waals surface area contributed by atoms with Crippen molar-refractivity contribution < 1.29 is 14.7 Å². The maximum absolute atomic E-state index is 11.8. The van der Waals surface area contributed by atoms with Crippen LogP contribution in [0.4, 0.5) is 9.93 Å². The molecule has 1 heterocycles. The van der Waals surface area contributed by atoms with Crippen molar-refractivity contribution in [3.8, 4) is 0 Å². The standard InChI is InChI=1S/C13H22N4O3S/c1-4-5-6-9(11(18)19)14-12(20)15-13-17-16-10(21-13)7-8(2)3/h8-9H,4-7H2,1-3H3,(H,18,19)(H2,14,15,17,20)/t9-/m0/s1. The lowest BCUT2D eigenvalue weighted by Gasteiger charge is -2.13. The average Bonchev–Trinajstić information content (AvgIpc) is 2.80. The number of urea groups is 1. The van der Waals surface area contributed by atoms with E-state index in [1.807, 2.05) is 6.92 Å². The number of nitrogens with one attached hydrogen (secondary N) is 2. The van der Waals surface area contributed by atoms with Gasteiger partial charge in [0, 0.05) is 6.42 Å². The molecule has 7 nitrogen and oxygen atoms in total. The van der Waals surface area contributed by atoms with E-state index < -0.39 is 18.0 Å². The molecule has 1 atom stereocenters. The molecule has 0 saturated heterocycles. The number of anilines is 1. The van der Waals surface area contributed by atoms with Crippen LogP contribution >= 0.6 is 11.3 Å². The Balaban J connectivity index is 2.51. The molecular formula is C13H22N4O3S. The number of unbranched alkanes of at least 4 members (excludes halogenated alkanes) is 1. The molecule has 0 radical (unpaired) electrons. The van der Waals surface area contributed by atoms with Crippen LogP contribution in [-0.2, 0) is 11.2 Å². The summed E-state index contributed by atoms with van der Waals surface area (Å²) in [6.07, 6.45) is 2.83. The van der Waals surface area contributed by atoms with Crippen molar-refractivity contribution in [1.29, 1.82) is 0 Å². The molecule has 0 saturated carbocycles. The molecule has 0 spiro atoms. The maximum atomic E-state index is 11.8. The highest BCUT2D eigenvalue weighted by atomic mass is 32.1. The number of carbonyl (C=O) groups is 2. The molecule has 2 amide bonds. The van der Waals surface area contributed by atoms with Crippen molar-refractivity contribution >= 4 is 28.5 Å². The average molecular weight is 314 g/mol. The first-order chi connectivity index (χ1) is 9.92. The highest BCUT2D eigenvalue weighted by Gasteiger charge is 2.19. The van der Waals surface area contributed by atoms with E-state index in [1.165, 1.54) is 11.3 Å². The van der Waals surface area contributed by atoms with Crippen LogP contribution in [0.2, 0.25) is 0 Å². The molecule has 0 aliphatic heterocycles. The van der Waals surface area contributed by atoms with Crippen LogP contribution in [-0.4, -0.2) is 33.3 Å². The Morgan fingerprint density at radius 3 is 2.62 bits per heavy atom. The Labute approximate surface area is 128 Å². The minimum Gasteiger partial charge on any atom is -0.480 e. The van der Waals surface area contributed by atoms with Crippen molar-refractivity contribution in [2.75, 3.05) is 5.32 Å². The Kier molecular flexibility index (Phi) is 7.07. The molecule has 3 N–H and O–H groups in total. The summed E-state index contributed by atoms with van der Waals surface area (Å²) in [5.74, 6) is -0.568. The molecule has 0 bridgehead atoms.